The van der Waals surface area contributed by atoms with E-state index in [1.165, 1.54) is 6.07 Å². The molecule has 0 aromatic heterocycles. The van der Waals surface area contributed by atoms with E-state index in [1.807, 2.05) is 60.7 Å². The normalized spacial score (nSPS) is 10.6. The molecule has 3 aromatic rings. The number of nitro benzene ring substituents is 2. The average molecular weight is 378 g/mol. The second-order valence-corrected chi connectivity index (χ2v) is 6.19. The van der Waals surface area contributed by atoms with Crippen molar-refractivity contribution >= 4 is 17.1 Å². The molecule has 0 aliphatic carbocycles. The predicted molar refractivity (Wildman–Crippen MR) is 106 cm³/mol. The molecule has 0 atom stereocenters. The lowest BCUT2D eigenvalue weighted by molar-refractivity contribution is -0.393. The highest BCUT2D eigenvalue weighted by Crippen LogP contribution is 2.33. The molecule has 142 valence electrons. The van der Waals surface area contributed by atoms with Gasteiger partial charge in [0.2, 0.25) is 0 Å². The molecule has 0 radical (unpaired) electrons. The highest BCUT2D eigenvalue weighted by atomic mass is 16.6. The van der Waals surface area contributed by atoms with E-state index in [-0.39, 0.29) is 23.1 Å². The lowest BCUT2D eigenvalue weighted by Gasteiger charge is -2.21. The Labute approximate surface area is 161 Å². The zero-order chi connectivity index (χ0) is 20.1. The number of non-ortho nitro benzene ring substituents is 1. The summed E-state index contributed by atoms with van der Waals surface area (Å²) in [6.07, 6.45) is 0. The van der Waals surface area contributed by atoms with Crippen LogP contribution < -0.4 is 10.9 Å². The van der Waals surface area contributed by atoms with Crippen LogP contribution in [0.4, 0.5) is 17.1 Å². The van der Waals surface area contributed by atoms with E-state index >= 15 is 0 Å². The van der Waals surface area contributed by atoms with Crippen molar-refractivity contribution in [2.24, 2.45) is 0 Å². The first-order valence-electron chi connectivity index (χ1n) is 8.52. The van der Waals surface area contributed by atoms with Gasteiger partial charge in [-0.2, -0.15) is 0 Å². The molecule has 0 aliphatic heterocycles. The lowest BCUT2D eigenvalue weighted by Crippen LogP contribution is -2.29. The SMILES string of the molecule is Cc1cc([N+](=O)[O-])cc([N+](=O)[O-])c1NNC(c1ccccc1)c1ccccc1. The van der Waals surface area contributed by atoms with Crippen LogP contribution >= 0.6 is 0 Å². The molecule has 0 fully saturated rings. The maximum absolute atomic E-state index is 11.4. The van der Waals surface area contributed by atoms with Crippen molar-refractivity contribution in [3.05, 3.63) is 110 Å². The van der Waals surface area contributed by atoms with E-state index in [9.17, 15) is 20.2 Å². The zero-order valence-electron chi connectivity index (χ0n) is 15.0. The van der Waals surface area contributed by atoms with E-state index < -0.39 is 9.85 Å². The number of nitro groups is 2. The summed E-state index contributed by atoms with van der Waals surface area (Å²) in [5, 5.41) is 22.5. The number of nitrogens with one attached hydrogen (secondary N) is 2. The van der Waals surface area contributed by atoms with Gasteiger partial charge in [0.15, 0.2) is 0 Å². The summed E-state index contributed by atoms with van der Waals surface area (Å²) in [6.45, 7) is 1.59. The number of anilines is 1. The number of hydrogen-bond acceptors (Lipinski definition) is 6. The third-order valence-electron chi connectivity index (χ3n) is 4.31. The Morgan fingerprint density at radius 3 is 1.82 bits per heavy atom. The van der Waals surface area contributed by atoms with Crippen molar-refractivity contribution in [2.75, 3.05) is 5.43 Å². The minimum Gasteiger partial charge on any atom is -0.314 e. The van der Waals surface area contributed by atoms with E-state index in [1.54, 1.807) is 6.92 Å². The Morgan fingerprint density at radius 1 is 0.821 bits per heavy atom. The number of aryl methyl sites for hydroxylation is 1. The highest BCUT2D eigenvalue weighted by molar-refractivity contribution is 5.69. The summed E-state index contributed by atoms with van der Waals surface area (Å²) in [4.78, 5) is 21.2. The van der Waals surface area contributed by atoms with Crippen LogP contribution in [-0.4, -0.2) is 9.85 Å². The van der Waals surface area contributed by atoms with Gasteiger partial charge >= 0.3 is 5.69 Å². The fourth-order valence-electron chi connectivity index (χ4n) is 2.96. The number of nitrogens with zero attached hydrogens (tertiary/aromatic N) is 2. The molecule has 0 bridgehead atoms. The van der Waals surface area contributed by atoms with Crippen molar-refractivity contribution in [1.29, 1.82) is 0 Å². The summed E-state index contributed by atoms with van der Waals surface area (Å²) >= 11 is 0. The minimum absolute atomic E-state index is 0.187. The summed E-state index contributed by atoms with van der Waals surface area (Å²) in [5.74, 6) is 0. The molecule has 0 heterocycles. The number of hydrogen-bond donors (Lipinski definition) is 2. The van der Waals surface area contributed by atoms with E-state index in [4.69, 9.17) is 0 Å². The van der Waals surface area contributed by atoms with Crippen molar-refractivity contribution in [1.82, 2.24) is 5.43 Å². The van der Waals surface area contributed by atoms with Gasteiger partial charge in [0, 0.05) is 6.07 Å². The molecule has 3 rings (SSSR count). The van der Waals surface area contributed by atoms with Crippen molar-refractivity contribution in [3.8, 4) is 0 Å². The standard InChI is InChI=1S/C20H18N4O4/c1-14-12-17(23(25)26)13-18(24(27)28)19(14)21-22-20(15-8-4-2-5-9-15)16-10-6-3-7-11-16/h2-13,20-22H,1H3. The van der Waals surface area contributed by atoms with Crippen LogP contribution in [0.3, 0.4) is 0 Å². The van der Waals surface area contributed by atoms with Crippen molar-refractivity contribution in [2.45, 2.75) is 13.0 Å². The highest BCUT2D eigenvalue weighted by Gasteiger charge is 2.23. The number of hydrazine groups is 1. The second kappa shape index (κ2) is 8.28. The molecule has 0 amide bonds. The molecule has 0 unspecified atom stereocenters. The molecule has 0 aliphatic rings. The molecule has 8 heteroatoms. The molecular weight excluding hydrogens is 360 g/mol. The molecular formula is C20H18N4O4. The van der Waals surface area contributed by atoms with E-state index in [2.05, 4.69) is 10.9 Å². The fourth-order valence-corrected chi connectivity index (χ4v) is 2.96. The monoisotopic (exact) mass is 378 g/mol. The van der Waals surface area contributed by atoms with Gasteiger partial charge in [-0.3, -0.25) is 20.2 Å². The lowest BCUT2D eigenvalue weighted by atomic mass is 9.99. The maximum Gasteiger partial charge on any atom is 0.300 e. The van der Waals surface area contributed by atoms with Gasteiger partial charge in [-0.05, 0) is 23.6 Å². The van der Waals surface area contributed by atoms with E-state index in [0.717, 1.165) is 17.2 Å². The predicted octanol–water partition coefficient (Wildman–Crippen LogP) is 4.52. The third kappa shape index (κ3) is 4.13. The maximum atomic E-state index is 11.4. The van der Waals surface area contributed by atoms with Gasteiger partial charge in [0.1, 0.15) is 5.69 Å². The number of benzene rings is 3. The average Bonchev–Trinajstić information content (AvgIpc) is 2.70. The summed E-state index contributed by atoms with van der Waals surface area (Å²) in [6, 6.07) is 21.2. The first kappa shape index (κ1) is 19.0. The topological polar surface area (TPSA) is 110 Å². The van der Waals surface area contributed by atoms with Crippen LogP contribution in [0.25, 0.3) is 0 Å². The second-order valence-electron chi connectivity index (χ2n) is 6.19. The van der Waals surface area contributed by atoms with Crippen LogP contribution in [0.15, 0.2) is 72.8 Å². The molecule has 0 saturated carbocycles. The molecule has 2 N–H and O–H groups in total. The van der Waals surface area contributed by atoms with Crippen molar-refractivity contribution in [3.63, 3.8) is 0 Å². The Morgan fingerprint density at radius 2 is 1.36 bits per heavy atom. The van der Waals surface area contributed by atoms with Gasteiger partial charge in [0.25, 0.3) is 5.69 Å². The Bertz CT molecular complexity index is 954. The van der Waals surface area contributed by atoms with E-state index in [0.29, 0.717) is 5.56 Å². The largest absolute Gasteiger partial charge is 0.314 e. The van der Waals surface area contributed by atoms with Gasteiger partial charge < -0.3 is 5.43 Å². The Kier molecular flexibility index (Phi) is 5.61. The van der Waals surface area contributed by atoms with Crippen molar-refractivity contribution < 1.29 is 9.85 Å². The number of rotatable bonds is 7. The van der Waals surface area contributed by atoms with Gasteiger partial charge in [-0.1, -0.05) is 60.7 Å². The molecule has 0 saturated heterocycles. The van der Waals surface area contributed by atoms with Crippen LogP contribution in [0.1, 0.15) is 22.7 Å². The summed E-state index contributed by atoms with van der Waals surface area (Å²) in [7, 11) is 0. The summed E-state index contributed by atoms with van der Waals surface area (Å²) in [5.41, 5.74) is 7.86. The minimum atomic E-state index is -0.645. The summed E-state index contributed by atoms with van der Waals surface area (Å²) < 4.78 is 0. The first-order chi connectivity index (χ1) is 13.5. The van der Waals surface area contributed by atoms with Crippen LogP contribution in [0, 0.1) is 27.2 Å². The first-order valence-corrected chi connectivity index (χ1v) is 8.52. The Hall–Kier alpha value is -3.78. The van der Waals surface area contributed by atoms with Crippen LogP contribution in [-0.2, 0) is 0 Å². The van der Waals surface area contributed by atoms with Crippen LogP contribution in [0.2, 0.25) is 0 Å². The van der Waals surface area contributed by atoms with Gasteiger partial charge in [-0.25, -0.2) is 5.43 Å². The smallest absolute Gasteiger partial charge is 0.300 e. The Balaban J connectivity index is 1.96. The molecule has 8 nitrogen and oxygen atoms in total. The molecule has 3 aromatic carbocycles. The molecule has 0 spiro atoms. The zero-order valence-corrected chi connectivity index (χ0v) is 15.0. The fraction of sp³-hybridized carbons (Fsp3) is 0.100. The quantitative estimate of drug-likeness (QED) is 0.462. The van der Waals surface area contributed by atoms with Crippen LogP contribution in [0.5, 0.6) is 0 Å². The van der Waals surface area contributed by atoms with Gasteiger partial charge in [-0.15, -0.1) is 0 Å². The molecule has 28 heavy (non-hydrogen) atoms. The van der Waals surface area contributed by atoms with Gasteiger partial charge in [0.05, 0.1) is 22.0 Å². The third-order valence-corrected chi connectivity index (χ3v) is 4.31.